The van der Waals surface area contributed by atoms with Gasteiger partial charge in [0.05, 0.1) is 27.9 Å². The molecule has 3 aromatic carbocycles. The van der Waals surface area contributed by atoms with Crippen molar-refractivity contribution >= 4 is 45.7 Å². The standard InChI is InChI=1S/C26H20ClN3O2/c1-2-15-29-23-10-6-4-7-19(23)21(25(29)31)16-24-28-22-9-5-3-8-20(22)26(32)30(24)18-13-11-17(27)12-14-18/h3-14,16H,2,15H2,1H3/b21-16-. The van der Waals surface area contributed by atoms with Crippen molar-refractivity contribution in [1.29, 1.82) is 0 Å². The average molecular weight is 442 g/mol. The second-order valence-electron chi connectivity index (χ2n) is 7.64. The maximum atomic E-state index is 13.5. The lowest BCUT2D eigenvalue weighted by molar-refractivity contribution is -0.113. The summed E-state index contributed by atoms with van der Waals surface area (Å²) in [5.74, 6) is 0.311. The highest BCUT2D eigenvalue weighted by Gasteiger charge is 2.31. The average Bonchev–Trinajstić information content (AvgIpc) is 3.07. The van der Waals surface area contributed by atoms with Crippen molar-refractivity contribution in [2.45, 2.75) is 13.3 Å². The van der Waals surface area contributed by atoms with Crippen LogP contribution in [0.3, 0.4) is 0 Å². The van der Waals surface area contributed by atoms with Gasteiger partial charge >= 0.3 is 0 Å². The molecule has 0 spiro atoms. The molecule has 1 aromatic heterocycles. The lowest BCUT2D eigenvalue weighted by Crippen LogP contribution is -2.27. The van der Waals surface area contributed by atoms with Crippen molar-refractivity contribution in [1.82, 2.24) is 9.55 Å². The summed E-state index contributed by atoms with van der Waals surface area (Å²) in [6.45, 7) is 2.67. The van der Waals surface area contributed by atoms with Crippen LogP contribution >= 0.6 is 11.6 Å². The number of aromatic nitrogens is 2. The molecule has 0 saturated heterocycles. The zero-order valence-corrected chi connectivity index (χ0v) is 18.2. The van der Waals surface area contributed by atoms with Crippen LogP contribution < -0.4 is 10.5 Å². The third-order valence-corrected chi connectivity index (χ3v) is 5.82. The number of fused-ring (bicyclic) bond motifs is 2. The lowest BCUT2D eigenvalue weighted by Gasteiger charge is -2.15. The molecule has 0 N–H and O–H groups in total. The third kappa shape index (κ3) is 3.31. The van der Waals surface area contributed by atoms with Gasteiger partial charge in [-0.15, -0.1) is 0 Å². The van der Waals surface area contributed by atoms with Crippen LogP contribution in [0.2, 0.25) is 5.02 Å². The van der Waals surface area contributed by atoms with Crippen molar-refractivity contribution in [3.63, 3.8) is 0 Å². The summed E-state index contributed by atoms with van der Waals surface area (Å²) in [6, 6.07) is 21.9. The Labute approximate surface area is 190 Å². The molecule has 32 heavy (non-hydrogen) atoms. The molecule has 0 atom stereocenters. The molecule has 5 nitrogen and oxygen atoms in total. The predicted octanol–water partition coefficient (Wildman–Crippen LogP) is 5.34. The molecule has 0 saturated carbocycles. The van der Waals surface area contributed by atoms with Crippen LogP contribution in [0.4, 0.5) is 5.69 Å². The molecule has 0 aliphatic carbocycles. The Morgan fingerprint density at radius 2 is 1.66 bits per heavy atom. The van der Waals surface area contributed by atoms with Crippen LogP contribution in [0.15, 0.2) is 77.6 Å². The van der Waals surface area contributed by atoms with Gasteiger partial charge in [-0.2, -0.15) is 0 Å². The second-order valence-corrected chi connectivity index (χ2v) is 8.07. The Kier molecular flexibility index (Phi) is 5.11. The van der Waals surface area contributed by atoms with Gasteiger partial charge in [0, 0.05) is 17.1 Å². The van der Waals surface area contributed by atoms with E-state index in [9.17, 15) is 9.59 Å². The van der Waals surface area contributed by atoms with E-state index < -0.39 is 0 Å². The lowest BCUT2D eigenvalue weighted by atomic mass is 10.1. The maximum Gasteiger partial charge on any atom is 0.266 e. The molecule has 2 heterocycles. The van der Waals surface area contributed by atoms with E-state index in [1.54, 1.807) is 47.4 Å². The number of hydrogen-bond acceptors (Lipinski definition) is 3. The summed E-state index contributed by atoms with van der Waals surface area (Å²) in [4.78, 5) is 33.3. The fourth-order valence-corrected chi connectivity index (χ4v) is 4.23. The highest BCUT2D eigenvalue weighted by Crippen LogP contribution is 2.37. The SMILES string of the molecule is CCCN1C(=O)/C(=C\c2nc3ccccc3c(=O)n2-c2ccc(Cl)cc2)c2ccccc21. The number of carbonyl (C=O) groups is 1. The van der Waals surface area contributed by atoms with E-state index in [2.05, 4.69) is 0 Å². The molecule has 6 heteroatoms. The molecule has 1 aliphatic heterocycles. The summed E-state index contributed by atoms with van der Waals surface area (Å²) < 4.78 is 1.53. The van der Waals surface area contributed by atoms with E-state index in [1.807, 2.05) is 43.3 Å². The molecule has 0 bridgehead atoms. The van der Waals surface area contributed by atoms with Gasteiger partial charge in [0.1, 0.15) is 5.82 Å². The van der Waals surface area contributed by atoms with Crippen LogP contribution in [0, 0.1) is 0 Å². The van der Waals surface area contributed by atoms with Gasteiger partial charge in [-0.1, -0.05) is 48.9 Å². The number of hydrogen-bond donors (Lipinski definition) is 0. The number of benzene rings is 3. The molecular weight excluding hydrogens is 422 g/mol. The monoisotopic (exact) mass is 441 g/mol. The molecular formula is C26H20ClN3O2. The molecule has 0 unspecified atom stereocenters. The van der Waals surface area contributed by atoms with Crippen LogP contribution in [0.5, 0.6) is 0 Å². The van der Waals surface area contributed by atoms with Gasteiger partial charge in [0.2, 0.25) is 0 Å². The summed E-state index contributed by atoms with van der Waals surface area (Å²) in [7, 11) is 0. The van der Waals surface area contributed by atoms with Crippen molar-refractivity contribution in [3.05, 3.63) is 99.6 Å². The normalized spacial score (nSPS) is 14.4. The molecule has 1 amide bonds. The first kappa shape index (κ1) is 20.2. The number of carbonyl (C=O) groups excluding carboxylic acids is 1. The fourth-order valence-electron chi connectivity index (χ4n) is 4.11. The van der Waals surface area contributed by atoms with Crippen LogP contribution in [0.25, 0.3) is 28.2 Å². The minimum atomic E-state index is -0.200. The van der Waals surface area contributed by atoms with Crippen LogP contribution in [-0.2, 0) is 4.79 Å². The molecule has 5 rings (SSSR count). The van der Waals surface area contributed by atoms with Gasteiger partial charge in [-0.3, -0.25) is 14.2 Å². The second kappa shape index (κ2) is 8.09. The number of amides is 1. The zero-order valence-electron chi connectivity index (χ0n) is 17.5. The van der Waals surface area contributed by atoms with Gasteiger partial charge in [-0.25, -0.2) is 4.98 Å². The Balaban J connectivity index is 1.78. The third-order valence-electron chi connectivity index (χ3n) is 5.57. The minimum absolute atomic E-state index is 0.0851. The van der Waals surface area contributed by atoms with Gasteiger partial charge in [-0.05, 0) is 55.0 Å². The zero-order chi connectivity index (χ0) is 22.2. The Hall–Kier alpha value is -3.70. The quantitative estimate of drug-likeness (QED) is 0.402. The smallest absolute Gasteiger partial charge is 0.266 e. The Morgan fingerprint density at radius 3 is 2.44 bits per heavy atom. The van der Waals surface area contributed by atoms with E-state index in [1.165, 1.54) is 4.57 Å². The molecule has 4 aromatic rings. The highest BCUT2D eigenvalue weighted by molar-refractivity contribution is 6.35. The van der Waals surface area contributed by atoms with Crippen molar-refractivity contribution in [2.75, 3.05) is 11.4 Å². The van der Waals surface area contributed by atoms with Crippen LogP contribution in [-0.4, -0.2) is 22.0 Å². The largest absolute Gasteiger partial charge is 0.308 e. The molecule has 1 aliphatic rings. The van der Waals surface area contributed by atoms with Crippen LogP contribution in [0.1, 0.15) is 24.7 Å². The van der Waals surface area contributed by atoms with Crippen molar-refractivity contribution in [3.8, 4) is 5.69 Å². The van der Waals surface area contributed by atoms with Gasteiger partial charge < -0.3 is 4.90 Å². The minimum Gasteiger partial charge on any atom is -0.308 e. The van der Waals surface area contributed by atoms with Crippen molar-refractivity contribution < 1.29 is 4.79 Å². The van der Waals surface area contributed by atoms with E-state index in [0.29, 0.717) is 39.6 Å². The first-order valence-electron chi connectivity index (χ1n) is 10.5. The Morgan fingerprint density at radius 1 is 0.938 bits per heavy atom. The van der Waals surface area contributed by atoms with E-state index >= 15 is 0 Å². The van der Waals surface area contributed by atoms with E-state index in [4.69, 9.17) is 16.6 Å². The number of halogens is 1. The van der Waals surface area contributed by atoms with Gasteiger partial charge in [0.25, 0.3) is 11.5 Å². The first-order chi connectivity index (χ1) is 15.6. The highest BCUT2D eigenvalue weighted by atomic mass is 35.5. The first-order valence-corrected chi connectivity index (χ1v) is 10.9. The number of rotatable bonds is 4. The summed E-state index contributed by atoms with van der Waals surface area (Å²) in [5, 5.41) is 1.08. The number of anilines is 1. The summed E-state index contributed by atoms with van der Waals surface area (Å²) in [5.41, 5.74) is 3.27. The topological polar surface area (TPSA) is 55.2 Å². The van der Waals surface area contributed by atoms with Crippen molar-refractivity contribution in [2.24, 2.45) is 0 Å². The van der Waals surface area contributed by atoms with E-state index in [-0.39, 0.29) is 11.5 Å². The summed E-state index contributed by atoms with van der Waals surface area (Å²) >= 11 is 6.07. The summed E-state index contributed by atoms with van der Waals surface area (Å²) in [6.07, 6.45) is 2.57. The van der Waals surface area contributed by atoms with E-state index in [0.717, 1.165) is 17.7 Å². The number of para-hydroxylation sites is 2. The predicted molar refractivity (Wildman–Crippen MR) is 129 cm³/mol. The molecule has 0 fully saturated rings. The van der Waals surface area contributed by atoms with Gasteiger partial charge in [0.15, 0.2) is 0 Å². The maximum absolute atomic E-state index is 13.5. The molecule has 0 radical (unpaired) electrons. The number of nitrogens with zero attached hydrogens (tertiary/aromatic N) is 3. The molecule has 158 valence electrons. The fraction of sp³-hybridized carbons (Fsp3) is 0.115. The Bertz CT molecular complexity index is 1440.